The first-order chi connectivity index (χ1) is 2.41. The van der Waals surface area contributed by atoms with Crippen LogP contribution in [0.3, 0.4) is 0 Å². The van der Waals surface area contributed by atoms with E-state index in [-0.39, 0.29) is 0 Å². The fourth-order valence-corrected chi connectivity index (χ4v) is 0.0786. The van der Waals surface area contributed by atoms with Gasteiger partial charge in [-0.2, -0.15) is 0 Å². The van der Waals surface area contributed by atoms with Gasteiger partial charge in [-0.15, -0.1) is 0 Å². The summed E-state index contributed by atoms with van der Waals surface area (Å²) < 4.78 is 4.01. The summed E-state index contributed by atoms with van der Waals surface area (Å²) in [5.74, 6) is 0. The molecule has 0 rings (SSSR count). The van der Waals surface area contributed by atoms with Crippen LogP contribution >= 0.6 is 0 Å². The van der Waals surface area contributed by atoms with Crippen LogP contribution in [-0.2, 0) is 4.65 Å². The van der Waals surface area contributed by atoms with E-state index >= 15 is 0 Å². The Hall–Kier alpha value is -0.395. The van der Waals surface area contributed by atoms with Crippen LogP contribution in [0.25, 0.3) is 0 Å². The zero-order valence-corrected chi connectivity index (χ0v) is 3.14. The molecule has 5 heavy (non-hydrogen) atoms. The van der Waals surface area contributed by atoms with Crippen molar-refractivity contribution in [1.82, 2.24) is 0 Å². The quantitative estimate of drug-likeness (QED) is 0.323. The standard InChI is InChI=1S/C3H5BO/c1-2-3-5-4/h2-3H,1H3/b3-2+. The molecule has 0 N–H and O–H groups in total. The SMILES string of the molecule is [B]O/C=C/C. The second-order valence-corrected chi connectivity index (χ2v) is 0.605. The average molecular weight is 67.9 g/mol. The molecule has 0 atom stereocenters. The minimum Gasteiger partial charge on any atom is -0.573 e. The van der Waals surface area contributed by atoms with Gasteiger partial charge in [0.1, 0.15) is 0 Å². The molecule has 1 nitrogen and oxygen atoms in total. The molecule has 0 aromatic heterocycles. The van der Waals surface area contributed by atoms with Crippen molar-refractivity contribution >= 4 is 8.05 Å². The van der Waals surface area contributed by atoms with Gasteiger partial charge >= 0.3 is 8.05 Å². The Morgan fingerprint density at radius 3 is 2.40 bits per heavy atom. The summed E-state index contributed by atoms with van der Waals surface area (Å²) >= 11 is 0. The van der Waals surface area contributed by atoms with Crippen LogP contribution in [0, 0.1) is 0 Å². The molecular formula is C3H5BO. The van der Waals surface area contributed by atoms with Gasteiger partial charge in [0.15, 0.2) is 0 Å². The molecule has 26 valence electrons. The highest BCUT2D eigenvalue weighted by atomic mass is 16.4. The molecule has 0 aromatic rings. The van der Waals surface area contributed by atoms with E-state index < -0.39 is 0 Å². The van der Waals surface area contributed by atoms with Crippen molar-refractivity contribution in [3.05, 3.63) is 12.3 Å². The van der Waals surface area contributed by atoms with Gasteiger partial charge in [-0.3, -0.25) is 0 Å². The lowest BCUT2D eigenvalue weighted by Gasteiger charge is -1.77. The number of hydrogen-bond donors (Lipinski definition) is 0. The second kappa shape index (κ2) is 3.60. The Bertz CT molecular complexity index is 33.9. The molecule has 0 bridgehead atoms. The van der Waals surface area contributed by atoms with Gasteiger partial charge in [-0.1, -0.05) is 6.08 Å². The van der Waals surface area contributed by atoms with Crippen LogP contribution in [-0.4, -0.2) is 8.05 Å². The number of allylic oxidation sites excluding steroid dienone is 1. The van der Waals surface area contributed by atoms with Gasteiger partial charge in [0.2, 0.25) is 0 Å². The van der Waals surface area contributed by atoms with E-state index in [1.165, 1.54) is 6.26 Å². The maximum absolute atomic E-state index is 4.55. The third-order valence-electron chi connectivity index (χ3n) is 0.215. The van der Waals surface area contributed by atoms with Crippen LogP contribution in [0.2, 0.25) is 0 Å². The Balaban J connectivity index is 2.62. The van der Waals surface area contributed by atoms with Crippen molar-refractivity contribution in [2.75, 3.05) is 0 Å². The summed E-state index contributed by atoms with van der Waals surface area (Å²) in [5.41, 5.74) is 0. The minimum atomic E-state index is 1.40. The van der Waals surface area contributed by atoms with E-state index in [1.54, 1.807) is 6.08 Å². The van der Waals surface area contributed by atoms with Crippen molar-refractivity contribution in [3.63, 3.8) is 0 Å². The molecular weight excluding hydrogens is 62.8 g/mol. The van der Waals surface area contributed by atoms with E-state index in [4.69, 9.17) is 0 Å². The lowest BCUT2D eigenvalue weighted by atomic mass is 10.6. The maximum Gasteiger partial charge on any atom is 0.373 e. The summed E-state index contributed by atoms with van der Waals surface area (Å²) in [6, 6.07) is 0. The zero-order valence-electron chi connectivity index (χ0n) is 3.14. The molecule has 0 aliphatic heterocycles. The predicted molar refractivity (Wildman–Crippen MR) is 21.7 cm³/mol. The van der Waals surface area contributed by atoms with E-state index in [0.29, 0.717) is 0 Å². The van der Waals surface area contributed by atoms with Gasteiger partial charge < -0.3 is 4.65 Å². The summed E-state index contributed by atoms with van der Waals surface area (Å²) in [6.07, 6.45) is 3.11. The van der Waals surface area contributed by atoms with Gasteiger partial charge in [0.05, 0.1) is 6.26 Å². The molecule has 0 aliphatic rings. The van der Waals surface area contributed by atoms with Crippen LogP contribution in [0.5, 0.6) is 0 Å². The third-order valence-corrected chi connectivity index (χ3v) is 0.215. The van der Waals surface area contributed by atoms with Crippen molar-refractivity contribution < 1.29 is 4.65 Å². The van der Waals surface area contributed by atoms with Crippen molar-refractivity contribution in [1.29, 1.82) is 0 Å². The molecule has 0 amide bonds. The molecule has 0 spiro atoms. The summed E-state index contributed by atoms with van der Waals surface area (Å²) in [4.78, 5) is 0. The predicted octanol–water partition coefficient (Wildman–Crippen LogP) is 0.620. The highest BCUT2D eigenvalue weighted by molar-refractivity contribution is 5.98. The molecule has 0 saturated carbocycles. The Morgan fingerprint density at radius 1 is 1.80 bits per heavy atom. The van der Waals surface area contributed by atoms with E-state index in [2.05, 4.69) is 12.7 Å². The first-order valence-electron chi connectivity index (χ1n) is 1.38. The Morgan fingerprint density at radius 2 is 2.40 bits per heavy atom. The van der Waals surface area contributed by atoms with E-state index in [1.807, 2.05) is 6.92 Å². The fourth-order valence-electron chi connectivity index (χ4n) is 0.0786. The topological polar surface area (TPSA) is 9.23 Å². The number of rotatable bonds is 1. The van der Waals surface area contributed by atoms with Gasteiger partial charge in [-0.25, -0.2) is 0 Å². The summed E-state index contributed by atoms with van der Waals surface area (Å²) in [5, 5.41) is 0. The second-order valence-electron chi connectivity index (χ2n) is 0.605. The largest absolute Gasteiger partial charge is 0.573 e. The average Bonchev–Trinajstić information content (AvgIpc) is 1.41. The highest BCUT2D eigenvalue weighted by Crippen LogP contribution is 1.63. The summed E-state index contributed by atoms with van der Waals surface area (Å²) in [7, 11) is 4.55. The monoisotopic (exact) mass is 68.0 g/mol. The highest BCUT2D eigenvalue weighted by Gasteiger charge is 1.49. The van der Waals surface area contributed by atoms with Crippen LogP contribution in [0.1, 0.15) is 6.92 Å². The Labute approximate surface area is 33.1 Å². The maximum atomic E-state index is 4.55. The van der Waals surface area contributed by atoms with Crippen molar-refractivity contribution in [2.24, 2.45) is 0 Å². The summed E-state index contributed by atoms with van der Waals surface area (Å²) in [6.45, 7) is 1.83. The third kappa shape index (κ3) is 3.60. The zero-order chi connectivity index (χ0) is 4.12. The van der Waals surface area contributed by atoms with Gasteiger partial charge in [0, 0.05) is 0 Å². The van der Waals surface area contributed by atoms with Crippen LogP contribution in [0.4, 0.5) is 0 Å². The molecule has 0 fully saturated rings. The lowest BCUT2D eigenvalue weighted by molar-refractivity contribution is 0.534. The lowest BCUT2D eigenvalue weighted by Crippen LogP contribution is -1.62. The van der Waals surface area contributed by atoms with Gasteiger partial charge in [-0.05, 0) is 6.92 Å². The van der Waals surface area contributed by atoms with Gasteiger partial charge in [0.25, 0.3) is 0 Å². The molecule has 0 heterocycles. The van der Waals surface area contributed by atoms with E-state index in [0.717, 1.165) is 0 Å². The normalized spacial score (nSPS) is 9.00. The molecule has 2 heteroatoms. The van der Waals surface area contributed by atoms with Crippen molar-refractivity contribution in [3.8, 4) is 0 Å². The minimum absolute atomic E-state index is 1.40. The molecule has 2 radical (unpaired) electrons. The molecule has 0 unspecified atom stereocenters. The van der Waals surface area contributed by atoms with Crippen LogP contribution in [0.15, 0.2) is 12.3 Å². The first-order valence-corrected chi connectivity index (χ1v) is 1.38. The van der Waals surface area contributed by atoms with Crippen LogP contribution < -0.4 is 0 Å². The number of hydrogen-bond acceptors (Lipinski definition) is 1. The fraction of sp³-hybridized carbons (Fsp3) is 0.333. The molecule has 0 aromatic carbocycles. The Kier molecular flexibility index (Phi) is 3.32. The molecule has 0 aliphatic carbocycles. The molecule has 0 saturated heterocycles. The smallest absolute Gasteiger partial charge is 0.373 e. The van der Waals surface area contributed by atoms with E-state index in [9.17, 15) is 0 Å². The first kappa shape index (κ1) is 4.60. The van der Waals surface area contributed by atoms with Crippen molar-refractivity contribution in [2.45, 2.75) is 6.92 Å².